The third kappa shape index (κ3) is 5.96. The van der Waals surface area contributed by atoms with E-state index >= 15 is 0 Å². The molecular formula is C7H16Si. The molecule has 0 saturated carbocycles. The van der Waals surface area contributed by atoms with E-state index in [0.717, 1.165) is 0 Å². The van der Waals surface area contributed by atoms with Gasteiger partial charge >= 0.3 is 0 Å². The summed E-state index contributed by atoms with van der Waals surface area (Å²) in [5.41, 5.74) is 2.38. The zero-order chi connectivity index (χ0) is 6.62. The van der Waals surface area contributed by atoms with E-state index < -0.39 is 8.07 Å². The number of hydrogen-bond acceptors (Lipinski definition) is 0. The molecule has 0 aromatic carbocycles. The van der Waals surface area contributed by atoms with Crippen LogP contribution >= 0.6 is 0 Å². The normalized spacial score (nSPS) is 13.0. The molecule has 0 aliphatic heterocycles. The molecule has 0 aromatic heterocycles. The van der Waals surface area contributed by atoms with E-state index in [1.165, 1.54) is 6.42 Å². The Labute approximate surface area is 53.6 Å². The Kier molecular flexibility index (Phi) is 3.06. The van der Waals surface area contributed by atoms with Crippen LogP contribution in [0, 0.1) is 0 Å². The fourth-order valence-electron chi connectivity index (χ4n) is 0.471. The number of hydrogen-bond donors (Lipinski definition) is 0. The lowest BCUT2D eigenvalue weighted by Gasteiger charge is -2.06. The van der Waals surface area contributed by atoms with Gasteiger partial charge in [-0.1, -0.05) is 38.3 Å². The van der Waals surface area contributed by atoms with Gasteiger partial charge in [0.1, 0.15) is 0 Å². The van der Waals surface area contributed by atoms with Crippen LogP contribution < -0.4 is 0 Å². The van der Waals surface area contributed by atoms with Crippen molar-refractivity contribution < 1.29 is 0 Å². The van der Waals surface area contributed by atoms with E-state index in [0.29, 0.717) is 0 Å². The average Bonchev–Trinajstić information content (AvgIpc) is 1.59. The van der Waals surface area contributed by atoms with E-state index in [1.807, 2.05) is 0 Å². The van der Waals surface area contributed by atoms with E-state index in [1.54, 1.807) is 0 Å². The highest BCUT2D eigenvalue weighted by Crippen LogP contribution is 2.01. The number of allylic oxidation sites excluding steroid dienone is 1. The molecule has 0 nitrogen and oxygen atoms in total. The first-order valence-corrected chi connectivity index (χ1v) is 6.81. The van der Waals surface area contributed by atoms with Crippen LogP contribution in [0.25, 0.3) is 0 Å². The fraction of sp³-hybridized carbons (Fsp3) is 0.714. The summed E-state index contributed by atoms with van der Waals surface area (Å²) < 4.78 is 0. The summed E-state index contributed by atoms with van der Waals surface area (Å²) in [5, 5.41) is 0. The highest BCUT2D eigenvalue weighted by molar-refractivity contribution is 6.80. The topological polar surface area (TPSA) is 0 Å². The minimum atomic E-state index is -0.859. The molecule has 0 aromatic rings. The van der Waals surface area contributed by atoms with Crippen LogP contribution in [0.1, 0.15) is 13.3 Å². The Morgan fingerprint density at radius 1 is 1.25 bits per heavy atom. The summed E-state index contributed by atoms with van der Waals surface area (Å²) in [4.78, 5) is 0. The van der Waals surface area contributed by atoms with Crippen LogP contribution in [0.4, 0.5) is 0 Å². The second kappa shape index (κ2) is 3.08. The first-order chi connectivity index (χ1) is 3.56. The van der Waals surface area contributed by atoms with Gasteiger partial charge < -0.3 is 0 Å². The predicted molar refractivity (Wildman–Crippen MR) is 42.8 cm³/mol. The molecule has 0 N–H and O–H groups in total. The zero-order valence-corrected chi connectivity index (χ0v) is 7.36. The smallest absolute Gasteiger partial charge is 0.0682 e. The van der Waals surface area contributed by atoms with Crippen molar-refractivity contribution in [3.63, 3.8) is 0 Å². The van der Waals surface area contributed by atoms with Gasteiger partial charge in [-0.3, -0.25) is 0 Å². The summed E-state index contributed by atoms with van der Waals surface area (Å²) in [6.45, 7) is 9.22. The molecule has 0 aliphatic rings. The van der Waals surface area contributed by atoms with Crippen LogP contribution in [0.5, 0.6) is 0 Å². The van der Waals surface area contributed by atoms with E-state index in [2.05, 4.69) is 38.3 Å². The summed E-state index contributed by atoms with van der Waals surface area (Å²) in [6.07, 6.45) is 3.45. The summed E-state index contributed by atoms with van der Waals surface area (Å²) >= 11 is 0. The average molecular weight is 128 g/mol. The molecule has 0 atom stereocenters. The van der Waals surface area contributed by atoms with Crippen LogP contribution in [0.15, 0.2) is 11.8 Å². The third-order valence-electron chi connectivity index (χ3n) is 0.854. The zero-order valence-electron chi connectivity index (χ0n) is 6.36. The molecule has 48 valence electrons. The molecule has 8 heavy (non-hydrogen) atoms. The first kappa shape index (κ1) is 7.96. The molecule has 0 amide bonds. The SMILES string of the molecule is CCC=C[Si](C)(C)C. The predicted octanol–water partition coefficient (Wildman–Crippen LogP) is 2.83. The van der Waals surface area contributed by atoms with Gasteiger partial charge in [0.05, 0.1) is 8.07 Å². The van der Waals surface area contributed by atoms with Crippen LogP contribution in [-0.2, 0) is 0 Å². The number of rotatable bonds is 2. The maximum Gasteiger partial charge on any atom is 0.0682 e. The molecule has 0 spiro atoms. The van der Waals surface area contributed by atoms with Crippen LogP contribution in [-0.4, -0.2) is 8.07 Å². The maximum atomic E-state index is 2.38. The van der Waals surface area contributed by atoms with Crippen molar-refractivity contribution in [3.8, 4) is 0 Å². The Morgan fingerprint density at radius 2 is 1.75 bits per heavy atom. The molecule has 0 radical (unpaired) electrons. The molecule has 0 bridgehead atoms. The highest BCUT2D eigenvalue weighted by atomic mass is 28.3. The van der Waals surface area contributed by atoms with Crippen molar-refractivity contribution in [1.29, 1.82) is 0 Å². The van der Waals surface area contributed by atoms with Gasteiger partial charge in [0.25, 0.3) is 0 Å². The maximum absolute atomic E-state index is 2.38. The Morgan fingerprint density at radius 3 is 1.88 bits per heavy atom. The molecular weight excluding hydrogens is 112 g/mol. The Bertz CT molecular complexity index is 76.9. The van der Waals surface area contributed by atoms with Crippen molar-refractivity contribution >= 4 is 8.07 Å². The molecule has 0 unspecified atom stereocenters. The quantitative estimate of drug-likeness (QED) is 0.502. The van der Waals surface area contributed by atoms with Crippen molar-refractivity contribution in [2.75, 3.05) is 0 Å². The Balaban J connectivity index is 3.52. The Hall–Kier alpha value is -0.0431. The van der Waals surface area contributed by atoms with E-state index in [4.69, 9.17) is 0 Å². The van der Waals surface area contributed by atoms with Crippen molar-refractivity contribution in [2.45, 2.75) is 33.0 Å². The van der Waals surface area contributed by atoms with Gasteiger partial charge in [0.15, 0.2) is 0 Å². The van der Waals surface area contributed by atoms with Crippen LogP contribution in [0.3, 0.4) is 0 Å². The molecule has 0 rings (SSSR count). The first-order valence-electron chi connectivity index (χ1n) is 3.24. The second-order valence-electron chi connectivity index (χ2n) is 3.18. The van der Waals surface area contributed by atoms with E-state index in [-0.39, 0.29) is 0 Å². The minimum Gasteiger partial charge on any atom is -0.0989 e. The monoisotopic (exact) mass is 128 g/mol. The lowest BCUT2D eigenvalue weighted by atomic mass is 10.5. The standard InChI is InChI=1S/C7H16Si/c1-5-6-7-8(2,3)4/h6-7H,5H2,1-4H3. The van der Waals surface area contributed by atoms with Crippen molar-refractivity contribution in [3.05, 3.63) is 11.8 Å². The third-order valence-corrected chi connectivity index (χ3v) is 2.09. The molecule has 0 heterocycles. The lowest BCUT2D eigenvalue weighted by Crippen LogP contribution is -2.15. The second-order valence-corrected chi connectivity index (χ2v) is 8.24. The van der Waals surface area contributed by atoms with Gasteiger partial charge in [-0.25, -0.2) is 0 Å². The molecule has 0 saturated heterocycles. The van der Waals surface area contributed by atoms with Gasteiger partial charge in [0, 0.05) is 0 Å². The van der Waals surface area contributed by atoms with Gasteiger partial charge in [-0.05, 0) is 6.42 Å². The van der Waals surface area contributed by atoms with Crippen LogP contribution in [0.2, 0.25) is 19.6 Å². The summed E-state index contributed by atoms with van der Waals surface area (Å²) in [5.74, 6) is 0. The van der Waals surface area contributed by atoms with Gasteiger partial charge in [0.2, 0.25) is 0 Å². The molecule has 1 heteroatoms. The minimum absolute atomic E-state index is 0.859. The fourth-order valence-corrected chi connectivity index (χ4v) is 1.41. The van der Waals surface area contributed by atoms with Crippen molar-refractivity contribution in [2.24, 2.45) is 0 Å². The molecule has 0 fully saturated rings. The summed E-state index contributed by atoms with van der Waals surface area (Å²) in [6, 6.07) is 0. The van der Waals surface area contributed by atoms with Gasteiger partial charge in [-0.15, -0.1) is 0 Å². The van der Waals surface area contributed by atoms with E-state index in [9.17, 15) is 0 Å². The summed E-state index contributed by atoms with van der Waals surface area (Å²) in [7, 11) is -0.859. The largest absolute Gasteiger partial charge is 0.0989 e. The lowest BCUT2D eigenvalue weighted by molar-refractivity contribution is 1.23. The van der Waals surface area contributed by atoms with Gasteiger partial charge in [-0.2, -0.15) is 0 Å². The van der Waals surface area contributed by atoms with Crippen molar-refractivity contribution in [1.82, 2.24) is 0 Å². The molecule has 0 aliphatic carbocycles. The highest BCUT2D eigenvalue weighted by Gasteiger charge is 2.05.